The van der Waals surface area contributed by atoms with Crippen molar-refractivity contribution in [2.45, 2.75) is 26.0 Å². The molecule has 0 saturated carbocycles. The number of nitrogens with zero attached hydrogens (tertiary/aromatic N) is 2. The quantitative estimate of drug-likeness (QED) is 0.463. The van der Waals surface area contributed by atoms with Gasteiger partial charge in [-0.15, -0.1) is 0 Å². The minimum Gasteiger partial charge on any atom is -0.507 e. The Hall–Kier alpha value is -3.12. The monoisotopic (exact) mass is 394 g/mol. The van der Waals surface area contributed by atoms with Crippen molar-refractivity contribution in [3.8, 4) is 0 Å². The van der Waals surface area contributed by atoms with Gasteiger partial charge in [-0.05, 0) is 31.5 Å². The van der Waals surface area contributed by atoms with E-state index in [9.17, 15) is 19.8 Å². The van der Waals surface area contributed by atoms with Gasteiger partial charge in [-0.3, -0.25) is 9.59 Å². The highest BCUT2D eigenvalue weighted by Gasteiger charge is 2.46. The van der Waals surface area contributed by atoms with Crippen LogP contribution < -0.4 is 4.90 Å². The molecule has 6 nitrogen and oxygen atoms in total. The molecule has 3 rings (SSSR count). The molecule has 152 valence electrons. The number of rotatable bonds is 5. The highest BCUT2D eigenvalue weighted by Crippen LogP contribution is 2.39. The zero-order valence-electron chi connectivity index (χ0n) is 17.1. The summed E-state index contributed by atoms with van der Waals surface area (Å²) in [4.78, 5) is 28.8. The first kappa shape index (κ1) is 20.6. The Kier molecular flexibility index (Phi) is 5.75. The van der Waals surface area contributed by atoms with Crippen LogP contribution in [0.3, 0.4) is 0 Å². The number of β-amino-alcohol motifs (C(OH)–C–C–N with tert-alkyl or cyclic N) is 1. The van der Waals surface area contributed by atoms with Gasteiger partial charge in [0, 0.05) is 31.9 Å². The zero-order valence-corrected chi connectivity index (χ0v) is 17.1. The molecule has 2 N–H and O–H groups in total. The van der Waals surface area contributed by atoms with Crippen LogP contribution in [0.5, 0.6) is 0 Å². The predicted molar refractivity (Wildman–Crippen MR) is 113 cm³/mol. The number of hydrogen-bond acceptors (Lipinski definition) is 5. The standard InChI is InChI=1S/C23H26N2O4/c1-14-5-7-17(8-6-14)21(27)19-20(16-9-11-18(12-10-16)24(3)4)25(13-15(2)26)23(29)22(19)28/h5-12,15,20,26-27H,13H2,1-4H3/b21-19-. The van der Waals surface area contributed by atoms with Crippen LogP contribution in [0.1, 0.15) is 29.7 Å². The number of carbonyl (C=O) groups excluding carboxylic acids is 2. The molecule has 0 radical (unpaired) electrons. The maximum absolute atomic E-state index is 12.8. The molecule has 1 heterocycles. The van der Waals surface area contributed by atoms with Crippen molar-refractivity contribution in [3.63, 3.8) is 0 Å². The van der Waals surface area contributed by atoms with Crippen LogP contribution in [-0.4, -0.2) is 53.5 Å². The van der Waals surface area contributed by atoms with E-state index in [0.717, 1.165) is 11.3 Å². The third-order valence-electron chi connectivity index (χ3n) is 5.05. The van der Waals surface area contributed by atoms with Crippen LogP contribution in [0.15, 0.2) is 54.1 Å². The van der Waals surface area contributed by atoms with Gasteiger partial charge >= 0.3 is 0 Å². The molecule has 6 heteroatoms. The van der Waals surface area contributed by atoms with Gasteiger partial charge < -0.3 is 20.0 Å². The van der Waals surface area contributed by atoms with Crippen molar-refractivity contribution in [2.24, 2.45) is 0 Å². The summed E-state index contributed by atoms with van der Waals surface area (Å²) in [6.45, 7) is 3.48. The molecule has 1 aliphatic heterocycles. The van der Waals surface area contributed by atoms with E-state index in [1.807, 2.05) is 62.3 Å². The largest absolute Gasteiger partial charge is 0.507 e. The maximum Gasteiger partial charge on any atom is 0.295 e. The third-order valence-corrected chi connectivity index (χ3v) is 5.05. The molecule has 0 bridgehead atoms. The van der Waals surface area contributed by atoms with Gasteiger partial charge in [0.25, 0.3) is 11.7 Å². The zero-order chi connectivity index (χ0) is 21.3. The Morgan fingerprint density at radius 2 is 1.66 bits per heavy atom. The van der Waals surface area contributed by atoms with Gasteiger partial charge in [-0.2, -0.15) is 0 Å². The SMILES string of the molecule is Cc1ccc(/C(O)=C2/C(=O)C(=O)N(CC(C)O)C2c2ccc(N(C)C)cc2)cc1. The lowest BCUT2D eigenvalue weighted by Gasteiger charge is -2.26. The van der Waals surface area contributed by atoms with Gasteiger partial charge in [-0.1, -0.05) is 42.0 Å². The molecule has 29 heavy (non-hydrogen) atoms. The second kappa shape index (κ2) is 8.09. The average molecular weight is 394 g/mol. The molecular formula is C23H26N2O4. The van der Waals surface area contributed by atoms with Gasteiger partial charge in [0.1, 0.15) is 5.76 Å². The third kappa shape index (κ3) is 4.03. The van der Waals surface area contributed by atoms with Crippen LogP contribution in [0.25, 0.3) is 5.76 Å². The summed E-state index contributed by atoms with van der Waals surface area (Å²) in [5.41, 5.74) is 3.20. The smallest absolute Gasteiger partial charge is 0.295 e. The van der Waals surface area contributed by atoms with E-state index in [0.29, 0.717) is 11.1 Å². The van der Waals surface area contributed by atoms with Crippen molar-refractivity contribution < 1.29 is 19.8 Å². The highest BCUT2D eigenvalue weighted by atomic mass is 16.3. The van der Waals surface area contributed by atoms with Gasteiger partial charge in [0.2, 0.25) is 0 Å². The molecule has 1 fully saturated rings. The summed E-state index contributed by atoms with van der Waals surface area (Å²) in [6, 6.07) is 13.8. The Morgan fingerprint density at radius 1 is 1.07 bits per heavy atom. The minimum atomic E-state index is -0.809. The number of aryl methyl sites for hydroxylation is 1. The highest BCUT2D eigenvalue weighted by molar-refractivity contribution is 6.46. The lowest BCUT2D eigenvalue weighted by Crippen LogP contribution is -2.35. The van der Waals surface area contributed by atoms with Crippen molar-refractivity contribution in [1.29, 1.82) is 0 Å². The fourth-order valence-electron chi connectivity index (χ4n) is 3.52. The second-order valence-electron chi connectivity index (χ2n) is 7.65. The topological polar surface area (TPSA) is 81.1 Å². The number of benzene rings is 2. The summed E-state index contributed by atoms with van der Waals surface area (Å²) in [6.07, 6.45) is -0.809. The van der Waals surface area contributed by atoms with Gasteiger partial charge in [0.15, 0.2) is 0 Å². The van der Waals surface area contributed by atoms with Crippen molar-refractivity contribution >= 4 is 23.1 Å². The average Bonchev–Trinajstić information content (AvgIpc) is 2.92. The predicted octanol–water partition coefficient (Wildman–Crippen LogP) is 2.86. The van der Waals surface area contributed by atoms with E-state index < -0.39 is 23.8 Å². The molecule has 2 aromatic rings. The number of Topliss-reactive ketones (excluding diaryl/α,β-unsaturated/α-hetero) is 1. The Bertz CT molecular complexity index is 944. The Morgan fingerprint density at radius 3 is 2.17 bits per heavy atom. The first-order chi connectivity index (χ1) is 13.7. The van der Waals surface area contributed by atoms with Crippen LogP contribution in [0, 0.1) is 6.92 Å². The molecule has 1 aliphatic rings. The van der Waals surface area contributed by atoms with E-state index in [1.165, 1.54) is 4.90 Å². The Labute approximate surface area is 170 Å². The summed E-state index contributed by atoms with van der Waals surface area (Å²) in [7, 11) is 3.85. The lowest BCUT2D eigenvalue weighted by molar-refractivity contribution is -0.140. The normalized spacial score (nSPS) is 19.5. The van der Waals surface area contributed by atoms with Crippen molar-refractivity contribution in [2.75, 3.05) is 25.5 Å². The van der Waals surface area contributed by atoms with Crippen LogP contribution >= 0.6 is 0 Å². The summed E-state index contributed by atoms with van der Waals surface area (Å²) >= 11 is 0. The lowest BCUT2D eigenvalue weighted by atomic mass is 9.94. The minimum absolute atomic E-state index is 0.00461. The number of anilines is 1. The molecule has 1 saturated heterocycles. The first-order valence-electron chi connectivity index (χ1n) is 9.51. The van der Waals surface area contributed by atoms with Crippen molar-refractivity contribution in [1.82, 2.24) is 4.90 Å². The Balaban J connectivity index is 2.15. The summed E-state index contributed by atoms with van der Waals surface area (Å²) in [5, 5.41) is 20.8. The van der Waals surface area contributed by atoms with Gasteiger partial charge in [-0.25, -0.2) is 0 Å². The second-order valence-corrected chi connectivity index (χ2v) is 7.65. The van der Waals surface area contributed by atoms with Crippen LogP contribution in [0.2, 0.25) is 0 Å². The van der Waals surface area contributed by atoms with E-state index in [1.54, 1.807) is 19.1 Å². The molecule has 0 aliphatic carbocycles. The number of ketones is 1. The summed E-state index contributed by atoms with van der Waals surface area (Å²) in [5.74, 6) is -1.68. The molecule has 2 atom stereocenters. The number of amides is 1. The molecule has 2 aromatic carbocycles. The number of aliphatic hydroxyl groups excluding tert-OH is 2. The van der Waals surface area contributed by atoms with E-state index >= 15 is 0 Å². The molecule has 0 spiro atoms. The molecule has 2 unspecified atom stereocenters. The fourth-order valence-corrected chi connectivity index (χ4v) is 3.52. The molecule has 1 amide bonds. The van der Waals surface area contributed by atoms with Crippen LogP contribution in [0.4, 0.5) is 5.69 Å². The first-order valence-corrected chi connectivity index (χ1v) is 9.51. The van der Waals surface area contributed by atoms with Crippen LogP contribution in [-0.2, 0) is 9.59 Å². The fraction of sp³-hybridized carbons (Fsp3) is 0.304. The number of likely N-dealkylation sites (tertiary alicyclic amines) is 1. The number of aliphatic hydroxyl groups is 2. The van der Waals surface area contributed by atoms with Gasteiger partial charge in [0.05, 0.1) is 17.7 Å². The van der Waals surface area contributed by atoms with E-state index in [2.05, 4.69) is 0 Å². The number of carbonyl (C=O) groups is 2. The summed E-state index contributed by atoms with van der Waals surface area (Å²) < 4.78 is 0. The molecular weight excluding hydrogens is 368 g/mol. The van der Waals surface area contributed by atoms with E-state index in [-0.39, 0.29) is 17.9 Å². The number of hydrogen-bond donors (Lipinski definition) is 2. The molecule has 0 aromatic heterocycles. The maximum atomic E-state index is 12.8. The van der Waals surface area contributed by atoms with Crippen molar-refractivity contribution in [3.05, 3.63) is 70.8 Å². The van der Waals surface area contributed by atoms with E-state index in [4.69, 9.17) is 0 Å².